The largest absolute Gasteiger partial charge is 0.478 e. The molecule has 1 aromatic heterocycles. The average molecular weight is 279 g/mol. The molecule has 1 aromatic carbocycles. The number of anilines is 1. The maximum atomic E-state index is 13.4. The lowest BCUT2D eigenvalue weighted by molar-refractivity contribution is 0.0693. The Morgan fingerprint density at radius 2 is 2.00 bits per heavy atom. The van der Waals surface area contributed by atoms with E-state index in [1.165, 1.54) is 23.5 Å². The summed E-state index contributed by atoms with van der Waals surface area (Å²) in [6.07, 6.45) is 0. The van der Waals surface area contributed by atoms with E-state index in [1.807, 2.05) is 6.92 Å². The molecule has 98 valence electrons. The van der Waals surface area contributed by atoms with Crippen LogP contribution in [0.5, 0.6) is 0 Å². The van der Waals surface area contributed by atoms with Crippen LogP contribution in [0.1, 0.15) is 24.9 Å². The van der Waals surface area contributed by atoms with E-state index in [4.69, 9.17) is 5.11 Å². The summed E-state index contributed by atoms with van der Waals surface area (Å²) in [5, 5.41) is 11.4. The summed E-state index contributed by atoms with van der Waals surface area (Å²) < 4.78 is 13.4. The minimum Gasteiger partial charge on any atom is -0.478 e. The molecule has 6 heteroatoms. The third kappa shape index (κ3) is 2.79. The Morgan fingerprint density at radius 1 is 1.26 bits per heavy atom. The van der Waals surface area contributed by atoms with Crippen molar-refractivity contribution in [3.05, 3.63) is 51.5 Å². The topological polar surface area (TPSA) is 66.4 Å². The summed E-state index contributed by atoms with van der Waals surface area (Å²) in [6.45, 7) is 1.85. The molecule has 0 atom stereocenters. The van der Waals surface area contributed by atoms with Gasteiger partial charge in [-0.15, -0.1) is 11.3 Å². The van der Waals surface area contributed by atoms with Gasteiger partial charge in [-0.3, -0.25) is 4.79 Å². The van der Waals surface area contributed by atoms with E-state index in [0.717, 1.165) is 10.9 Å². The Labute approximate surface area is 112 Å². The number of carboxylic acid groups (broad SMARTS) is 1. The van der Waals surface area contributed by atoms with Crippen LogP contribution in [0.2, 0.25) is 0 Å². The second kappa shape index (κ2) is 5.19. The van der Waals surface area contributed by atoms with E-state index in [9.17, 15) is 14.0 Å². The van der Waals surface area contributed by atoms with Crippen molar-refractivity contribution in [3.8, 4) is 0 Å². The first-order valence-electron chi connectivity index (χ1n) is 5.38. The zero-order valence-corrected chi connectivity index (χ0v) is 10.8. The molecule has 0 aliphatic carbocycles. The summed E-state index contributed by atoms with van der Waals surface area (Å²) in [5.41, 5.74) is -0.590. The molecule has 0 spiro atoms. The zero-order valence-electron chi connectivity index (χ0n) is 9.94. The van der Waals surface area contributed by atoms with Gasteiger partial charge in [0.25, 0.3) is 5.91 Å². The first-order chi connectivity index (χ1) is 8.99. The molecule has 2 aromatic rings. The van der Waals surface area contributed by atoms with E-state index in [0.29, 0.717) is 4.88 Å². The highest BCUT2D eigenvalue weighted by atomic mass is 32.1. The van der Waals surface area contributed by atoms with Gasteiger partial charge in [-0.25, -0.2) is 9.18 Å². The zero-order chi connectivity index (χ0) is 14.0. The van der Waals surface area contributed by atoms with Crippen molar-refractivity contribution in [2.24, 2.45) is 0 Å². The molecule has 19 heavy (non-hydrogen) atoms. The molecular weight excluding hydrogens is 269 g/mol. The van der Waals surface area contributed by atoms with Gasteiger partial charge in [0.2, 0.25) is 0 Å². The number of thiophene rings is 1. The lowest BCUT2D eigenvalue weighted by Crippen LogP contribution is -2.14. The van der Waals surface area contributed by atoms with E-state index in [2.05, 4.69) is 5.32 Å². The number of carboxylic acids is 1. The lowest BCUT2D eigenvalue weighted by atomic mass is 10.1. The van der Waals surface area contributed by atoms with Crippen molar-refractivity contribution in [3.63, 3.8) is 0 Å². The number of rotatable bonds is 3. The van der Waals surface area contributed by atoms with Gasteiger partial charge in [0.05, 0.1) is 10.6 Å². The maximum absolute atomic E-state index is 13.4. The molecule has 1 amide bonds. The van der Waals surface area contributed by atoms with Crippen LogP contribution < -0.4 is 5.32 Å². The molecule has 0 fully saturated rings. The summed E-state index contributed by atoms with van der Waals surface area (Å²) in [4.78, 5) is 24.3. The number of nitrogens with one attached hydrogen (secondary N) is 1. The summed E-state index contributed by atoms with van der Waals surface area (Å²) in [6, 6.07) is 7.15. The number of hydrogen-bond donors (Lipinski definition) is 2. The van der Waals surface area contributed by atoms with Crippen LogP contribution in [-0.2, 0) is 0 Å². The molecule has 0 aliphatic heterocycles. The van der Waals surface area contributed by atoms with Gasteiger partial charge in [-0.05, 0) is 31.2 Å². The van der Waals surface area contributed by atoms with Crippen molar-refractivity contribution in [1.82, 2.24) is 0 Å². The maximum Gasteiger partial charge on any atom is 0.340 e. The third-order valence-corrected chi connectivity index (χ3v) is 3.44. The minimum atomic E-state index is -1.42. The number of hydrogen-bond acceptors (Lipinski definition) is 3. The smallest absolute Gasteiger partial charge is 0.340 e. The Morgan fingerprint density at radius 3 is 2.58 bits per heavy atom. The first kappa shape index (κ1) is 13.2. The van der Waals surface area contributed by atoms with E-state index < -0.39 is 23.3 Å². The number of amides is 1. The van der Waals surface area contributed by atoms with Gasteiger partial charge in [-0.2, -0.15) is 0 Å². The number of benzene rings is 1. The predicted molar refractivity (Wildman–Crippen MR) is 70.4 cm³/mol. The fraction of sp³-hybridized carbons (Fsp3) is 0.0769. The number of aromatic carboxylic acids is 1. The summed E-state index contributed by atoms with van der Waals surface area (Å²) >= 11 is 1.28. The van der Waals surface area contributed by atoms with Crippen LogP contribution in [0.25, 0.3) is 0 Å². The van der Waals surface area contributed by atoms with Crippen molar-refractivity contribution < 1.29 is 19.1 Å². The number of aryl methyl sites for hydroxylation is 1. The molecule has 2 rings (SSSR count). The van der Waals surface area contributed by atoms with Gasteiger partial charge in [0.1, 0.15) is 11.4 Å². The molecule has 0 bridgehead atoms. The summed E-state index contributed by atoms with van der Waals surface area (Å²) in [7, 11) is 0. The summed E-state index contributed by atoms with van der Waals surface area (Å²) in [5.74, 6) is -2.75. The van der Waals surface area contributed by atoms with Crippen LogP contribution in [0, 0.1) is 12.7 Å². The molecule has 0 unspecified atom stereocenters. The lowest BCUT2D eigenvalue weighted by Gasteiger charge is -2.07. The van der Waals surface area contributed by atoms with Crippen LogP contribution in [0.3, 0.4) is 0 Å². The van der Waals surface area contributed by atoms with Gasteiger partial charge in [0, 0.05) is 4.88 Å². The molecule has 0 saturated carbocycles. The van der Waals surface area contributed by atoms with Crippen molar-refractivity contribution in [2.45, 2.75) is 6.92 Å². The fourth-order valence-corrected chi connectivity index (χ4v) is 2.35. The van der Waals surface area contributed by atoms with Crippen LogP contribution in [-0.4, -0.2) is 17.0 Å². The Balaban J connectivity index is 2.31. The Hall–Kier alpha value is -2.21. The average Bonchev–Trinajstić information content (AvgIpc) is 2.75. The second-order valence-electron chi connectivity index (χ2n) is 3.83. The Kier molecular flexibility index (Phi) is 3.62. The highest BCUT2D eigenvalue weighted by molar-refractivity contribution is 7.14. The molecule has 1 heterocycles. The minimum absolute atomic E-state index is 0.0523. The number of halogens is 1. The molecule has 2 N–H and O–H groups in total. The quantitative estimate of drug-likeness (QED) is 0.907. The van der Waals surface area contributed by atoms with Crippen molar-refractivity contribution in [1.29, 1.82) is 0 Å². The SMILES string of the molecule is Cc1ccc(C(=O)Nc2cccc(F)c2C(=O)O)s1. The highest BCUT2D eigenvalue weighted by Crippen LogP contribution is 2.21. The third-order valence-electron chi connectivity index (χ3n) is 2.44. The molecule has 4 nitrogen and oxygen atoms in total. The normalized spacial score (nSPS) is 10.2. The second-order valence-corrected chi connectivity index (χ2v) is 5.12. The van der Waals surface area contributed by atoms with Crippen LogP contribution >= 0.6 is 11.3 Å². The van der Waals surface area contributed by atoms with Crippen molar-refractivity contribution in [2.75, 3.05) is 5.32 Å². The van der Waals surface area contributed by atoms with E-state index in [1.54, 1.807) is 12.1 Å². The predicted octanol–water partition coefficient (Wildman–Crippen LogP) is 3.15. The van der Waals surface area contributed by atoms with Gasteiger partial charge >= 0.3 is 5.97 Å². The number of carbonyl (C=O) groups excluding carboxylic acids is 1. The monoisotopic (exact) mass is 279 g/mol. The van der Waals surface area contributed by atoms with Gasteiger partial charge in [-0.1, -0.05) is 6.07 Å². The Bertz CT molecular complexity index is 651. The van der Waals surface area contributed by atoms with Gasteiger partial charge < -0.3 is 10.4 Å². The first-order valence-corrected chi connectivity index (χ1v) is 6.20. The number of carbonyl (C=O) groups is 2. The van der Waals surface area contributed by atoms with Crippen LogP contribution in [0.15, 0.2) is 30.3 Å². The van der Waals surface area contributed by atoms with Gasteiger partial charge in [0.15, 0.2) is 0 Å². The molecule has 0 radical (unpaired) electrons. The highest BCUT2D eigenvalue weighted by Gasteiger charge is 2.18. The fourth-order valence-electron chi connectivity index (χ4n) is 1.59. The van der Waals surface area contributed by atoms with E-state index in [-0.39, 0.29) is 5.69 Å². The van der Waals surface area contributed by atoms with E-state index >= 15 is 0 Å². The molecule has 0 saturated heterocycles. The van der Waals surface area contributed by atoms with Crippen molar-refractivity contribution >= 4 is 28.9 Å². The standard InChI is InChI=1S/C13H10FNO3S/c1-7-5-6-10(19-7)12(16)15-9-4-2-3-8(14)11(9)13(17)18/h2-6H,1H3,(H,15,16)(H,17,18). The van der Waals surface area contributed by atoms with Crippen LogP contribution in [0.4, 0.5) is 10.1 Å². The molecular formula is C13H10FNO3S. The molecule has 0 aliphatic rings.